The zero-order valence-electron chi connectivity index (χ0n) is 17.2. The Balaban J connectivity index is 1.65. The Bertz CT molecular complexity index is 1430. The van der Waals surface area contributed by atoms with E-state index in [1.807, 2.05) is 37.3 Å². The van der Waals surface area contributed by atoms with Crippen molar-refractivity contribution in [3.63, 3.8) is 0 Å². The lowest BCUT2D eigenvalue weighted by Gasteiger charge is -2.09. The second-order valence-electron chi connectivity index (χ2n) is 7.50. The number of amides is 1. The van der Waals surface area contributed by atoms with Gasteiger partial charge in [0.05, 0.1) is 21.4 Å². The van der Waals surface area contributed by atoms with Crippen molar-refractivity contribution in [2.75, 3.05) is 5.32 Å². The molecule has 0 unspecified atom stereocenters. The van der Waals surface area contributed by atoms with Gasteiger partial charge in [-0.05, 0) is 42.3 Å². The van der Waals surface area contributed by atoms with Crippen LogP contribution in [0.5, 0.6) is 0 Å². The number of aryl methyl sites for hydroxylation is 1. The first-order valence-corrected chi connectivity index (χ1v) is 12.3. The number of para-hydroxylation sites is 1. The number of benzene rings is 3. The van der Waals surface area contributed by atoms with Gasteiger partial charge in [-0.25, -0.2) is 8.42 Å². The van der Waals surface area contributed by atoms with E-state index in [9.17, 15) is 13.2 Å². The zero-order chi connectivity index (χ0) is 22.9. The molecule has 0 radical (unpaired) electrons. The van der Waals surface area contributed by atoms with Gasteiger partial charge in [-0.1, -0.05) is 65.7 Å². The largest absolute Gasteiger partial charge is 0.337 e. The summed E-state index contributed by atoms with van der Waals surface area (Å²) in [5.41, 5.74) is 2.76. The number of hydrogen-bond acceptors (Lipinski definition) is 3. The lowest BCUT2D eigenvalue weighted by molar-refractivity contribution is -0.116. The number of anilines is 1. The van der Waals surface area contributed by atoms with Gasteiger partial charge in [0, 0.05) is 22.1 Å². The predicted molar refractivity (Wildman–Crippen MR) is 129 cm³/mol. The Morgan fingerprint density at radius 3 is 2.47 bits per heavy atom. The average molecular weight is 487 g/mol. The van der Waals surface area contributed by atoms with Gasteiger partial charge < -0.3 is 9.88 Å². The van der Waals surface area contributed by atoms with Crippen LogP contribution in [0.4, 0.5) is 5.69 Å². The highest BCUT2D eigenvalue weighted by atomic mass is 35.5. The molecule has 3 aromatic carbocycles. The number of sulfone groups is 1. The molecule has 0 saturated carbocycles. The summed E-state index contributed by atoms with van der Waals surface area (Å²) in [4.78, 5) is 12.9. The molecule has 0 saturated heterocycles. The number of carbonyl (C=O) groups is 1. The highest BCUT2D eigenvalue weighted by Crippen LogP contribution is 2.29. The fourth-order valence-corrected chi connectivity index (χ4v) is 5.72. The quantitative estimate of drug-likeness (QED) is 0.370. The molecule has 32 heavy (non-hydrogen) atoms. The highest BCUT2D eigenvalue weighted by molar-refractivity contribution is 7.90. The molecule has 0 aliphatic carbocycles. The fourth-order valence-electron chi connectivity index (χ4n) is 3.58. The van der Waals surface area contributed by atoms with Crippen LogP contribution >= 0.6 is 23.2 Å². The Hall–Kier alpha value is -2.80. The minimum Gasteiger partial charge on any atom is -0.337 e. The second kappa shape index (κ2) is 8.98. The maximum atomic E-state index is 13.3. The molecule has 0 bridgehead atoms. The third-order valence-corrected chi connectivity index (χ3v) is 7.45. The first kappa shape index (κ1) is 22.4. The summed E-state index contributed by atoms with van der Waals surface area (Å²) in [6.45, 7) is 1.82. The van der Waals surface area contributed by atoms with Crippen molar-refractivity contribution in [1.82, 2.24) is 4.57 Å². The summed E-state index contributed by atoms with van der Waals surface area (Å²) in [6.07, 6.45) is 1.53. The molecule has 0 atom stereocenters. The molecular formula is C24H20Cl2N2O3S. The Morgan fingerprint density at radius 1 is 1.00 bits per heavy atom. The summed E-state index contributed by atoms with van der Waals surface area (Å²) >= 11 is 12.0. The van der Waals surface area contributed by atoms with Gasteiger partial charge in [-0.2, -0.15) is 0 Å². The molecule has 1 N–H and O–H groups in total. The van der Waals surface area contributed by atoms with Gasteiger partial charge in [0.2, 0.25) is 5.91 Å². The van der Waals surface area contributed by atoms with Crippen molar-refractivity contribution >= 4 is 55.5 Å². The molecule has 4 rings (SSSR count). The van der Waals surface area contributed by atoms with E-state index in [4.69, 9.17) is 23.2 Å². The van der Waals surface area contributed by atoms with Crippen molar-refractivity contribution in [2.45, 2.75) is 24.1 Å². The molecular weight excluding hydrogens is 467 g/mol. The van der Waals surface area contributed by atoms with Crippen molar-refractivity contribution in [1.29, 1.82) is 0 Å². The first-order valence-electron chi connectivity index (χ1n) is 9.84. The minimum atomic E-state index is -3.64. The lowest BCUT2D eigenvalue weighted by atomic mass is 10.1. The van der Waals surface area contributed by atoms with Gasteiger partial charge in [0.15, 0.2) is 9.84 Å². The first-order chi connectivity index (χ1) is 15.2. The molecule has 0 fully saturated rings. The van der Waals surface area contributed by atoms with Gasteiger partial charge in [-0.15, -0.1) is 0 Å². The lowest BCUT2D eigenvalue weighted by Crippen LogP contribution is -2.18. The number of nitrogens with one attached hydrogen (secondary N) is 1. The normalized spacial score (nSPS) is 11.6. The Labute approximate surface area is 196 Å². The summed E-state index contributed by atoms with van der Waals surface area (Å²) < 4.78 is 28.2. The third kappa shape index (κ3) is 4.67. The van der Waals surface area contributed by atoms with Crippen molar-refractivity contribution in [3.05, 3.63) is 94.1 Å². The van der Waals surface area contributed by atoms with E-state index < -0.39 is 9.84 Å². The molecule has 5 nitrogen and oxygen atoms in total. The van der Waals surface area contributed by atoms with Crippen LogP contribution in [0.15, 0.2) is 77.8 Å². The number of aromatic nitrogens is 1. The summed E-state index contributed by atoms with van der Waals surface area (Å²) in [6, 6.07) is 19.3. The van der Waals surface area contributed by atoms with Crippen molar-refractivity contribution in [2.24, 2.45) is 0 Å². The van der Waals surface area contributed by atoms with E-state index >= 15 is 0 Å². The van der Waals surface area contributed by atoms with Gasteiger partial charge in [-0.3, -0.25) is 4.79 Å². The molecule has 1 heterocycles. The smallest absolute Gasteiger partial charge is 0.244 e. The van der Waals surface area contributed by atoms with Crippen LogP contribution < -0.4 is 5.32 Å². The van der Waals surface area contributed by atoms with Crippen LogP contribution in [0.25, 0.3) is 10.9 Å². The molecule has 8 heteroatoms. The predicted octanol–water partition coefficient (Wildman–Crippen LogP) is 5.87. The van der Waals surface area contributed by atoms with E-state index in [-0.39, 0.29) is 23.1 Å². The van der Waals surface area contributed by atoms with Crippen LogP contribution in [-0.4, -0.2) is 18.9 Å². The maximum Gasteiger partial charge on any atom is 0.244 e. The molecule has 0 aliphatic heterocycles. The number of carbonyl (C=O) groups excluding carboxylic acids is 1. The van der Waals surface area contributed by atoms with Crippen LogP contribution in [0, 0.1) is 6.92 Å². The Kier molecular flexibility index (Phi) is 6.29. The van der Waals surface area contributed by atoms with E-state index in [1.165, 1.54) is 6.20 Å². The van der Waals surface area contributed by atoms with E-state index in [0.29, 0.717) is 26.6 Å². The molecule has 4 aromatic rings. The van der Waals surface area contributed by atoms with Crippen molar-refractivity contribution < 1.29 is 13.2 Å². The van der Waals surface area contributed by atoms with Gasteiger partial charge in [0.25, 0.3) is 0 Å². The van der Waals surface area contributed by atoms with Crippen LogP contribution in [0.3, 0.4) is 0 Å². The average Bonchev–Trinajstić information content (AvgIpc) is 3.11. The number of halogens is 2. The van der Waals surface area contributed by atoms with E-state index in [0.717, 1.165) is 11.1 Å². The fraction of sp³-hybridized carbons (Fsp3) is 0.125. The molecule has 1 amide bonds. The number of nitrogens with zero attached hydrogens (tertiary/aromatic N) is 1. The second-order valence-corrected chi connectivity index (χ2v) is 10.3. The monoisotopic (exact) mass is 486 g/mol. The summed E-state index contributed by atoms with van der Waals surface area (Å²) in [5, 5.41) is 4.12. The molecule has 1 aromatic heterocycles. The zero-order valence-corrected chi connectivity index (χ0v) is 19.5. The van der Waals surface area contributed by atoms with E-state index in [2.05, 4.69) is 5.32 Å². The minimum absolute atomic E-state index is 0.0701. The molecule has 164 valence electrons. The van der Waals surface area contributed by atoms with Gasteiger partial charge in [0.1, 0.15) is 6.54 Å². The standard InChI is InChI=1S/C24H20Cl2N2O3S/c1-16-6-2-3-7-17(16)15-32(30,31)23-13-28(22-9-5-4-8-19(22)23)14-24(29)27-21-11-10-18(25)12-20(21)26/h2-13H,14-15H2,1H3,(H,27,29). The van der Waals surface area contributed by atoms with E-state index in [1.54, 1.807) is 41.0 Å². The topological polar surface area (TPSA) is 68.2 Å². The highest BCUT2D eigenvalue weighted by Gasteiger charge is 2.23. The molecule has 0 aliphatic rings. The number of fused-ring (bicyclic) bond motifs is 1. The number of rotatable bonds is 6. The summed E-state index contributed by atoms with van der Waals surface area (Å²) in [7, 11) is -3.64. The SMILES string of the molecule is Cc1ccccc1CS(=O)(=O)c1cn(CC(=O)Nc2ccc(Cl)cc2Cl)c2ccccc12. The van der Waals surface area contributed by atoms with Crippen LogP contribution in [0.2, 0.25) is 10.0 Å². The van der Waals surface area contributed by atoms with Crippen LogP contribution in [-0.2, 0) is 26.9 Å². The Morgan fingerprint density at radius 2 is 1.72 bits per heavy atom. The van der Waals surface area contributed by atoms with Crippen LogP contribution in [0.1, 0.15) is 11.1 Å². The number of hydrogen-bond donors (Lipinski definition) is 1. The third-order valence-electron chi connectivity index (χ3n) is 5.21. The van der Waals surface area contributed by atoms with Crippen molar-refractivity contribution in [3.8, 4) is 0 Å². The molecule has 0 spiro atoms. The maximum absolute atomic E-state index is 13.3. The summed E-state index contributed by atoms with van der Waals surface area (Å²) in [5.74, 6) is -0.446. The van der Waals surface area contributed by atoms with Gasteiger partial charge >= 0.3 is 0 Å².